The average molecular weight is 323 g/mol. The molecule has 6 heteroatoms. The van der Waals surface area contributed by atoms with E-state index in [9.17, 15) is 14.7 Å². The van der Waals surface area contributed by atoms with Gasteiger partial charge in [-0.05, 0) is 31.2 Å². The van der Waals surface area contributed by atoms with E-state index in [1.165, 1.54) is 12.1 Å². The number of oxime groups is 1. The lowest BCUT2D eigenvalue weighted by atomic mass is 10.1. The Labute approximate surface area is 136 Å². The number of carbonyl (C=O) groups excluding carboxylic acids is 1. The van der Waals surface area contributed by atoms with Gasteiger partial charge >= 0.3 is 11.6 Å². The van der Waals surface area contributed by atoms with E-state index >= 15 is 0 Å². The minimum Gasteiger partial charge on any atom is -0.507 e. The van der Waals surface area contributed by atoms with Crippen LogP contribution in [-0.2, 0) is 4.84 Å². The zero-order chi connectivity index (χ0) is 17.1. The summed E-state index contributed by atoms with van der Waals surface area (Å²) in [5, 5.41) is 14.0. The molecule has 0 aliphatic carbocycles. The molecule has 0 fully saturated rings. The first-order valence-corrected chi connectivity index (χ1v) is 7.13. The fraction of sp³-hybridized carbons (Fsp3) is 0.0556. The van der Waals surface area contributed by atoms with Gasteiger partial charge in [-0.1, -0.05) is 35.5 Å². The van der Waals surface area contributed by atoms with Crippen LogP contribution in [-0.4, -0.2) is 16.8 Å². The van der Waals surface area contributed by atoms with E-state index in [0.29, 0.717) is 22.2 Å². The molecule has 1 N–H and O–H groups in total. The van der Waals surface area contributed by atoms with Crippen molar-refractivity contribution < 1.29 is 19.2 Å². The Bertz CT molecular complexity index is 1000. The van der Waals surface area contributed by atoms with E-state index in [0.717, 1.165) is 0 Å². The van der Waals surface area contributed by atoms with Crippen LogP contribution >= 0.6 is 0 Å². The lowest BCUT2D eigenvalue weighted by Gasteiger charge is -2.03. The van der Waals surface area contributed by atoms with Gasteiger partial charge in [0.1, 0.15) is 16.9 Å². The van der Waals surface area contributed by atoms with Gasteiger partial charge in [-0.15, -0.1) is 0 Å². The first kappa shape index (κ1) is 15.5. The number of phenols is 1. The van der Waals surface area contributed by atoms with E-state index in [1.54, 1.807) is 49.4 Å². The summed E-state index contributed by atoms with van der Waals surface area (Å²) in [5.41, 5.74) is 0.0621. The molecule has 1 heterocycles. The number of hydrogen-bond acceptors (Lipinski definition) is 6. The molecule has 0 aliphatic heterocycles. The predicted molar refractivity (Wildman–Crippen MR) is 88.2 cm³/mol. The standard InChI is InChI=1S/C18H13NO5/c1-11(13-7-3-4-8-15(13)20)19-24-18(22)14-10-12-6-2-5-9-16(12)23-17(14)21/h2-10,20H,1H3. The molecular weight excluding hydrogens is 310 g/mol. The molecule has 1 aromatic heterocycles. The van der Waals surface area contributed by atoms with Gasteiger partial charge in [-0.25, -0.2) is 9.59 Å². The molecule has 0 unspecified atom stereocenters. The van der Waals surface area contributed by atoms with Gasteiger partial charge in [-0.2, -0.15) is 0 Å². The number of benzene rings is 2. The third kappa shape index (κ3) is 3.03. The van der Waals surface area contributed by atoms with Gasteiger partial charge in [0.15, 0.2) is 0 Å². The lowest BCUT2D eigenvalue weighted by molar-refractivity contribution is 0.0511. The van der Waals surface area contributed by atoms with Gasteiger partial charge < -0.3 is 14.4 Å². The van der Waals surface area contributed by atoms with Crippen LogP contribution in [0.15, 0.2) is 69.0 Å². The quantitative estimate of drug-likeness (QED) is 0.346. The zero-order valence-electron chi connectivity index (χ0n) is 12.7. The molecule has 0 aliphatic rings. The molecule has 0 saturated carbocycles. The molecule has 3 aromatic rings. The van der Waals surface area contributed by atoms with Crippen molar-refractivity contribution in [1.29, 1.82) is 0 Å². The Balaban J connectivity index is 1.88. The second-order valence-electron chi connectivity index (χ2n) is 5.06. The number of fused-ring (bicyclic) bond motifs is 1. The summed E-state index contributed by atoms with van der Waals surface area (Å²) in [4.78, 5) is 28.8. The number of nitrogens with zero attached hydrogens (tertiary/aromatic N) is 1. The highest BCUT2D eigenvalue weighted by Gasteiger charge is 2.16. The minimum absolute atomic E-state index is 0.0139. The van der Waals surface area contributed by atoms with Crippen molar-refractivity contribution in [3.05, 3.63) is 76.1 Å². The number of hydrogen-bond donors (Lipinski definition) is 1. The number of phenolic OH excluding ortho intramolecular Hbond substituents is 1. The molecule has 6 nitrogen and oxygen atoms in total. The molecular formula is C18H13NO5. The number of aromatic hydroxyl groups is 1. The minimum atomic E-state index is -0.927. The Morgan fingerprint density at radius 2 is 1.79 bits per heavy atom. The first-order chi connectivity index (χ1) is 11.6. The van der Waals surface area contributed by atoms with E-state index in [4.69, 9.17) is 9.25 Å². The van der Waals surface area contributed by atoms with Crippen LogP contribution in [0.2, 0.25) is 0 Å². The van der Waals surface area contributed by atoms with E-state index < -0.39 is 11.6 Å². The Hall–Kier alpha value is -3.41. The molecule has 0 radical (unpaired) electrons. The van der Waals surface area contributed by atoms with E-state index in [1.807, 2.05) is 0 Å². The van der Waals surface area contributed by atoms with Gasteiger partial charge in [0.05, 0.1) is 5.71 Å². The summed E-state index contributed by atoms with van der Waals surface area (Å²) < 4.78 is 5.08. The molecule has 0 spiro atoms. The second kappa shape index (κ2) is 6.37. The molecule has 0 bridgehead atoms. The van der Waals surface area contributed by atoms with Crippen molar-refractivity contribution >= 4 is 22.7 Å². The van der Waals surface area contributed by atoms with Crippen LogP contribution in [0.5, 0.6) is 5.75 Å². The van der Waals surface area contributed by atoms with Crippen LogP contribution < -0.4 is 5.63 Å². The van der Waals surface area contributed by atoms with Crippen LogP contribution in [0, 0.1) is 0 Å². The average Bonchev–Trinajstić information content (AvgIpc) is 2.59. The first-order valence-electron chi connectivity index (χ1n) is 7.13. The van der Waals surface area contributed by atoms with Crippen LogP contribution in [0.4, 0.5) is 0 Å². The van der Waals surface area contributed by atoms with Gasteiger partial charge in [-0.3, -0.25) is 0 Å². The summed E-state index contributed by atoms with van der Waals surface area (Å²) >= 11 is 0. The summed E-state index contributed by atoms with van der Waals surface area (Å²) in [5.74, 6) is -0.913. The number of para-hydroxylation sites is 2. The molecule has 3 rings (SSSR count). The fourth-order valence-corrected chi connectivity index (χ4v) is 2.19. The maximum Gasteiger partial charge on any atom is 0.373 e. The molecule has 2 aromatic carbocycles. The topological polar surface area (TPSA) is 89.1 Å². The van der Waals surface area contributed by atoms with E-state index in [-0.39, 0.29) is 11.3 Å². The normalized spacial score (nSPS) is 11.5. The van der Waals surface area contributed by atoms with Crippen LogP contribution in [0.25, 0.3) is 11.0 Å². The molecule has 0 saturated heterocycles. The number of carbonyl (C=O) groups is 1. The maximum atomic E-state index is 12.1. The van der Waals surface area contributed by atoms with Crippen molar-refractivity contribution in [2.45, 2.75) is 6.92 Å². The van der Waals surface area contributed by atoms with E-state index in [2.05, 4.69) is 5.16 Å². The second-order valence-corrected chi connectivity index (χ2v) is 5.06. The van der Waals surface area contributed by atoms with Gasteiger partial charge in [0, 0.05) is 10.9 Å². The Kier molecular flexibility index (Phi) is 4.11. The van der Waals surface area contributed by atoms with Gasteiger partial charge in [0.2, 0.25) is 0 Å². The largest absolute Gasteiger partial charge is 0.507 e. The van der Waals surface area contributed by atoms with Crippen molar-refractivity contribution in [2.24, 2.45) is 5.16 Å². The molecule has 24 heavy (non-hydrogen) atoms. The van der Waals surface area contributed by atoms with Crippen LogP contribution in [0.3, 0.4) is 0 Å². The highest BCUT2D eigenvalue weighted by Crippen LogP contribution is 2.17. The number of rotatable bonds is 3. The SMILES string of the molecule is CC(=NOC(=O)c1cc2ccccc2oc1=O)c1ccccc1O. The Morgan fingerprint density at radius 1 is 1.08 bits per heavy atom. The highest BCUT2D eigenvalue weighted by atomic mass is 16.7. The Morgan fingerprint density at radius 3 is 2.58 bits per heavy atom. The molecule has 120 valence electrons. The van der Waals surface area contributed by atoms with Gasteiger partial charge in [0.25, 0.3) is 0 Å². The molecule has 0 atom stereocenters. The molecule has 0 amide bonds. The van der Waals surface area contributed by atoms with Crippen LogP contribution in [0.1, 0.15) is 22.8 Å². The van der Waals surface area contributed by atoms with Crippen molar-refractivity contribution in [3.63, 3.8) is 0 Å². The third-order valence-corrected chi connectivity index (χ3v) is 3.42. The lowest BCUT2D eigenvalue weighted by Crippen LogP contribution is -2.15. The predicted octanol–water partition coefficient (Wildman–Crippen LogP) is 3.08. The summed E-state index contributed by atoms with van der Waals surface area (Å²) in [6.45, 7) is 1.57. The maximum absolute atomic E-state index is 12.1. The monoisotopic (exact) mass is 323 g/mol. The smallest absolute Gasteiger partial charge is 0.373 e. The fourth-order valence-electron chi connectivity index (χ4n) is 2.19. The van der Waals surface area contributed by atoms with Crippen molar-refractivity contribution in [3.8, 4) is 5.75 Å². The summed E-state index contributed by atoms with van der Waals surface area (Å²) in [6, 6.07) is 14.7. The van der Waals surface area contributed by atoms with Crippen molar-refractivity contribution in [1.82, 2.24) is 0 Å². The highest BCUT2D eigenvalue weighted by molar-refractivity contribution is 6.01. The third-order valence-electron chi connectivity index (χ3n) is 3.42. The summed E-state index contributed by atoms with van der Waals surface area (Å²) in [7, 11) is 0. The van der Waals surface area contributed by atoms with Crippen molar-refractivity contribution in [2.75, 3.05) is 0 Å². The summed E-state index contributed by atoms with van der Waals surface area (Å²) in [6.07, 6.45) is 0. The zero-order valence-corrected chi connectivity index (χ0v) is 12.7.